The minimum atomic E-state index is 0.573. The van der Waals surface area contributed by atoms with Crippen molar-refractivity contribution in [3.05, 3.63) is 46.4 Å². The number of nitrogens with zero attached hydrogens (tertiary/aromatic N) is 1. The Labute approximate surface area is 126 Å². The lowest BCUT2D eigenvalue weighted by Crippen LogP contribution is -1.96. The fourth-order valence-corrected chi connectivity index (χ4v) is 2.29. The van der Waals surface area contributed by atoms with E-state index in [1.807, 2.05) is 24.3 Å². The van der Waals surface area contributed by atoms with Crippen molar-refractivity contribution >= 4 is 27.3 Å². The summed E-state index contributed by atoms with van der Waals surface area (Å²) in [7, 11) is 3.22. The summed E-state index contributed by atoms with van der Waals surface area (Å²) < 4.78 is 11.3. The molecule has 102 valence electrons. The Kier molecular flexibility index (Phi) is 4.49. The Morgan fingerprint density at radius 2 is 1.90 bits per heavy atom. The predicted octanol–water partition coefficient (Wildman–Crippen LogP) is 4.08. The summed E-state index contributed by atoms with van der Waals surface area (Å²) in [5.74, 6) is 1.42. The third-order valence-electron chi connectivity index (χ3n) is 2.71. The molecule has 0 aliphatic carbocycles. The van der Waals surface area contributed by atoms with Gasteiger partial charge in [-0.05, 0) is 30.3 Å². The van der Waals surface area contributed by atoms with Crippen molar-refractivity contribution in [2.24, 2.45) is 0 Å². The van der Waals surface area contributed by atoms with E-state index in [4.69, 9.17) is 14.7 Å². The van der Waals surface area contributed by atoms with Gasteiger partial charge in [-0.2, -0.15) is 5.26 Å². The van der Waals surface area contributed by atoms with E-state index in [-0.39, 0.29) is 0 Å². The Morgan fingerprint density at radius 1 is 1.10 bits per heavy atom. The molecule has 0 aromatic heterocycles. The summed E-state index contributed by atoms with van der Waals surface area (Å²) >= 11 is 3.38. The van der Waals surface area contributed by atoms with Crippen LogP contribution in [0.4, 0.5) is 11.4 Å². The number of hydrogen-bond acceptors (Lipinski definition) is 4. The molecular formula is C15H13BrN2O2. The van der Waals surface area contributed by atoms with E-state index in [2.05, 4.69) is 27.3 Å². The minimum Gasteiger partial charge on any atom is -0.497 e. The predicted molar refractivity (Wildman–Crippen MR) is 81.7 cm³/mol. The van der Waals surface area contributed by atoms with Crippen LogP contribution in [0.1, 0.15) is 5.56 Å². The lowest BCUT2D eigenvalue weighted by Gasteiger charge is -2.13. The molecule has 0 aliphatic heterocycles. The first-order valence-electron chi connectivity index (χ1n) is 5.86. The molecule has 0 radical (unpaired) electrons. The summed E-state index contributed by atoms with van der Waals surface area (Å²) in [4.78, 5) is 0. The molecule has 5 heteroatoms. The lowest BCUT2D eigenvalue weighted by atomic mass is 10.2. The summed E-state index contributed by atoms with van der Waals surface area (Å²) in [6.45, 7) is 0. The van der Waals surface area contributed by atoms with Gasteiger partial charge in [-0.1, -0.05) is 15.9 Å². The number of halogens is 1. The molecule has 1 N–H and O–H groups in total. The third kappa shape index (κ3) is 3.22. The molecule has 20 heavy (non-hydrogen) atoms. The van der Waals surface area contributed by atoms with Gasteiger partial charge in [0.1, 0.15) is 11.5 Å². The average Bonchev–Trinajstić information content (AvgIpc) is 2.46. The van der Waals surface area contributed by atoms with Crippen molar-refractivity contribution in [3.8, 4) is 17.6 Å². The molecule has 0 unspecified atom stereocenters. The zero-order valence-corrected chi connectivity index (χ0v) is 12.7. The normalized spacial score (nSPS) is 9.70. The highest BCUT2D eigenvalue weighted by Crippen LogP contribution is 2.32. The van der Waals surface area contributed by atoms with Gasteiger partial charge in [-0.3, -0.25) is 0 Å². The topological polar surface area (TPSA) is 54.3 Å². The molecule has 2 aromatic rings. The van der Waals surface area contributed by atoms with E-state index < -0.39 is 0 Å². The highest BCUT2D eigenvalue weighted by Gasteiger charge is 2.06. The maximum Gasteiger partial charge on any atom is 0.142 e. The number of rotatable bonds is 4. The van der Waals surface area contributed by atoms with Gasteiger partial charge < -0.3 is 14.8 Å². The quantitative estimate of drug-likeness (QED) is 0.916. The average molecular weight is 333 g/mol. The van der Waals surface area contributed by atoms with Crippen LogP contribution in [0.2, 0.25) is 0 Å². The van der Waals surface area contributed by atoms with E-state index in [1.54, 1.807) is 26.4 Å². The van der Waals surface area contributed by atoms with Gasteiger partial charge in [-0.15, -0.1) is 0 Å². The van der Waals surface area contributed by atoms with Crippen LogP contribution < -0.4 is 14.8 Å². The minimum absolute atomic E-state index is 0.573. The van der Waals surface area contributed by atoms with Crippen molar-refractivity contribution in [2.75, 3.05) is 19.5 Å². The van der Waals surface area contributed by atoms with Crippen LogP contribution in [0.5, 0.6) is 11.5 Å². The zero-order chi connectivity index (χ0) is 14.5. The smallest absolute Gasteiger partial charge is 0.142 e. The second-order valence-corrected chi connectivity index (χ2v) is 4.95. The molecule has 4 nitrogen and oxygen atoms in total. The first-order valence-corrected chi connectivity index (χ1v) is 6.65. The Hall–Kier alpha value is -2.19. The number of ether oxygens (including phenoxy) is 2. The van der Waals surface area contributed by atoms with Crippen molar-refractivity contribution in [2.45, 2.75) is 0 Å². The van der Waals surface area contributed by atoms with Gasteiger partial charge in [0.25, 0.3) is 0 Å². The third-order valence-corrected chi connectivity index (χ3v) is 3.17. The Bertz CT molecular complexity index is 665. The largest absolute Gasteiger partial charge is 0.497 e. The van der Waals surface area contributed by atoms with Crippen LogP contribution in [-0.2, 0) is 0 Å². The first-order chi connectivity index (χ1) is 9.66. The van der Waals surface area contributed by atoms with Crippen LogP contribution in [0.15, 0.2) is 40.9 Å². The van der Waals surface area contributed by atoms with E-state index >= 15 is 0 Å². The second-order valence-electron chi connectivity index (χ2n) is 4.03. The molecule has 2 aromatic carbocycles. The molecule has 2 rings (SSSR count). The molecule has 0 atom stereocenters. The summed E-state index contributed by atoms with van der Waals surface area (Å²) in [5.41, 5.74) is 2.14. The van der Waals surface area contributed by atoms with Gasteiger partial charge >= 0.3 is 0 Å². The van der Waals surface area contributed by atoms with Crippen LogP contribution in [-0.4, -0.2) is 14.2 Å². The lowest BCUT2D eigenvalue weighted by molar-refractivity contribution is 0.405. The fourth-order valence-electron chi connectivity index (χ4n) is 1.79. The molecule has 0 heterocycles. The van der Waals surface area contributed by atoms with Gasteiger partial charge in [0.05, 0.1) is 31.5 Å². The number of nitriles is 1. The molecule has 0 aliphatic rings. The first kappa shape index (κ1) is 14.2. The van der Waals surface area contributed by atoms with Crippen LogP contribution >= 0.6 is 15.9 Å². The molecule has 0 saturated carbocycles. The summed E-state index contributed by atoms with van der Waals surface area (Å²) in [6, 6.07) is 13.0. The molecular weight excluding hydrogens is 320 g/mol. The number of methoxy groups -OCH3 is 2. The van der Waals surface area contributed by atoms with Crippen LogP contribution in [0.25, 0.3) is 0 Å². The van der Waals surface area contributed by atoms with Crippen molar-refractivity contribution in [1.82, 2.24) is 0 Å². The summed E-state index contributed by atoms with van der Waals surface area (Å²) in [6.07, 6.45) is 0. The van der Waals surface area contributed by atoms with Gasteiger partial charge in [-0.25, -0.2) is 0 Å². The van der Waals surface area contributed by atoms with Crippen LogP contribution in [0, 0.1) is 11.3 Å². The maximum absolute atomic E-state index is 8.99. The van der Waals surface area contributed by atoms with Gasteiger partial charge in [0.2, 0.25) is 0 Å². The van der Waals surface area contributed by atoms with Gasteiger partial charge in [0.15, 0.2) is 0 Å². The number of benzene rings is 2. The van der Waals surface area contributed by atoms with Gasteiger partial charge in [0, 0.05) is 16.2 Å². The van der Waals surface area contributed by atoms with E-state index in [0.717, 1.165) is 21.6 Å². The van der Waals surface area contributed by atoms with Crippen LogP contribution in [0.3, 0.4) is 0 Å². The highest BCUT2D eigenvalue weighted by molar-refractivity contribution is 9.10. The fraction of sp³-hybridized carbons (Fsp3) is 0.133. The van der Waals surface area contributed by atoms with E-state index in [9.17, 15) is 0 Å². The van der Waals surface area contributed by atoms with Crippen molar-refractivity contribution in [3.63, 3.8) is 0 Å². The second kappa shape index (κ2) is 6.31. The van der Waals surface area contributed by atoms with E-state index in [0.29, 0.717) is 11.3 Å². The van der Waals surface area contributed by atoms with Crippen molar-refractivity contribution in [1.29, 1.82) is 5.26 Å². The number of nitrogens with one attached hydrogen (secondary N) is 1. The van der Waals surface area contributed by atoms with Crippen molar-refractivity contribution < 1.29 is 9.47 Å². The maximum atomic E-state index is 8.99. The molecule has 0 spiro atoms. The highest BCUT2D eigenvalue weighted by atomic mass is 79.9. The molecule has 0 amide bonds. The Morgan fingerprint density at radius 3 is 2.55 bits per heavy atom. The molecule has 0 saturated heterocycles. The Balaban J connectivity index is 2.38. The standard InChI is InChI=1S/C15H13BrN2O2/c1-19-13-3-4-15(20-2)14(8-13)18-12-6-10(9-17)5-11(16)7-12/h3-8,18H,1-2H3. The zero-order valence-electron chi connectivity index (χ0n) is 11.1. The number of hydrogen-bond donors (Lipinski definition) is 1. The number of anilines is 2. The molecule has 0 bridgehead atoms. The van der Waals surface area contributed by atoms with E-state index in [1.165, 1.54) is 0 Å². The summed E-state index contributed by atoms with van der Waals surface area (Å²) in [5, 5.41) is 12.2. The molecule has 0 fully saturated rings. The monoisotopic (exact) mass is 332 g/mol. The SMILES string of the molecule is COc1ccc(OC)c(Nc2cc(Br)cc(C#N)c2)c1.